The van der Waals surface area contributed by atoms with Crippen molar-refractivity contribution in [2.24, 2.45) is 0 Å². The van der Waals surface area contributed by atoms with Crippen LogP contribution in [0.3, 0.4) is 0 Å². The predicted molar refractivity (Wildman–Crippen MR) is 94.7 cm³/mol. The molecular weight excluding hydrogens is 286 g/mol. The summed E-state index contributed by atoms with van der Waals surface area (Å²) < 4.78 is 5.70. The van der Waals surface area contributed by atoms with E-state index in [0.29, 0.717) is 13.2 Å². The molecule has 0 aliphatic carbocycles. The Hall–Kier alpha value is -1.84. The minimum Gasteiger partial charge on any atom is -0.491 e. The molecule has 0 aliphatic heterocycles. The first-order chi connectivity index (χ1) is 11.2. The number of hydrogen-bond acceptors (Lipinski definition) is 3. The van der Waals surface area contributed by atoms with Crippen molar-refractivity contribution in [2.45, 2.75) is 32.9 Å². The Morgan fingerprint density at radius 1 is 1.09 bits per heavy atom. The van der Waals surface area contributed by atoms with Gasteiger partial charge in [0.05, 0.1) is 0 Å². The highest BCUT2D eigenvalue weighted by atomic mass is 16.5. The largest absolute Gasteiger partial charge is 0.491 e. The quantitative estimate of drug-likeness (QED) is 0.767. The highest BCUT2D eigenvalue weighted by molar-refractivity contribution is 5.27. The third kappa shape index (κ3) is 6.43. The van der Waals surface area contributed by atoms with Crippen molar-refractivity contribution < 1.29 is 9.84 Å². The Morgan fingerprint density at radius 2 is 1.87 bits per heavy atom. The van der Waals surface area contributed by atoms with Gasteiger partial charge in [-0.1, -0.05) is 49.4 Å². The average Bonchev–Trinajstić information content (AvgIpc) is 2.54. The normalized spacial score (nSPS) is 12.3. The first-order valence-electron chi connectivity index (χ1n) is 8.31. The average molecular weight is 313 g/mol. The van der Waals surface area contributed by atoms with E-state index in [2.05, 4.69) is 36.1 Å². The van der Waals surface area contributed by atoms with E-state index in [-0.39, 0.29) is 0 Å². The van der Waals surface area contributed by atoms with Crippen LogP contribution in [0.5, 0.6) is 5.75 Å². The van der Waals surface area contributed by atoms with Crippen LogP contribution in [-0.4, -0.2) is 35.8 Å². The third-order valence-electron chi connectivity index (χ3n) is 3.69. The zero-order valence-electron chi connectivity index (χ0n) is 14.1. The van der Waals surface area contributed by atoms with Crippen LogP contribution in [0.15, 0.2) is 54.6 Å². The van der Waals surface area contributed by atoms with E-state index in [0.717, 1.165) is 30.8 Å². The number of aryl methyl sites for hydroxylation is 1. The topological polar surface area (TPSA) is 32.7 Å². The van der Waals surface area contributed by atoms with Crippen molar-refractivity contribution in [2.75, 3.05) is 19.7 Å². The summed E-state index contributed by atoms with van der Waals surface area (Å²) in [6.45, 7) is 6.96. The molecule has 0 aromatic heterocycles. The van der Waals surface area contributed by atoms with E-state index >= 15 is 0 Å². The van der Waals surface area contributed by atoms with Gasteiger partial charge in [0.2, 0.25) is 0 Å². The van der Waals surface area contributed by atoms with Crippen molar-refractivity contribution >= 4 is 0 Å². The van der Waals surface area contributed by atoms with Gasteiger partial charge in [0.15, 0.2) is 0 Å². The molecule has 2 aromatic carbocycles. The molecule has 0 saturated heterocycles. The van der Waals surface area contributed by atoms with E-state index in [9.17, 15) is 5.11 Å². The van der Waals surface area contributed by atoms with Crippen LogP contribution in [0.4, 0.5) is 0 Å². The maximum Gasteiger partial charge on any atom is 0.119 e. The summed E-state index contributed by atoms with van der Waals surface area (Å²) in [5.41, 5.74) is 2.43. The Morgan fingerprint density at radius 3 is 2.57 bits per heavy atom. The molecule has 3 nitrogen and oxygen atoms in total. The second-order valence-electron chi connectivity index (χ2n) is 6.00. The summed E-state index contributed by atoms with van der Waals surface area (Å²) in [6.07, 6.45) is 0.573. The molecule has 124 valence electrons. The van der Waals surface area contributed by atoms with Crippen molar-refractivity contribution in [3.05, 3.63) is 65.7 Å². The van der Waals surface area contributed by atoms with Crippen molar-refractivity contribution in [3.63, 3.8) is 0 Å². The van der Waals surface area contributed by atoms with E-state index in [1.807, 2.05) is 37.3 Å². The summed E-state index contributed by atoms with van der Waals surface area (Å²) >= 11 is 0. The number of rotatable bonds is 9. The lowest BCUT2D eigenvalue weighted by Gasteiger charge is -2.24. The highest BCUT2D eigenvalue weighted by Gasteiger charge is 2.12. The standard InChI is InChI=1S/C20H27NO2/c1-3-12-21(14-18-9-5-4-6-10-18)15-19(22)16-23-20-11-7-8-17(2)13-20/h4-11,13,19,22H,3,12,14-16H2,1-2H3/t19-/m0/s1. The molecule has 2 rings (SSSR count). The molecule has 23 heavy (non-hydrogen) atoms. The van der Waals surface area contributed by atoms with Crippen LogP contribution in [0.25, 0.3) is 0 Å². The molecule has 0 heterocycles. The zero-order valence-corrected chi connectivity index (χ0v) is 14.1. The Bertz CT molecular complexity index is 571. The van der Waals surface area contributed by atoms with Crippen molar-refractivity contribution in [3.8, 4) is 5.75 Å². The molecule has 0 radical (unpaired) electrons. The number of aliphatic hydroxyl groups excluding tert-OH is 1. The van der Waals surface area contributed by atoms with E-state index in [4.69, 9.17) is 4.74 Å². The number of ether oxygens (including phenoxy) is 1. The molecule has 1 N–H and O–H groups in total. The van der Waals surface area contributed by atoms with E-state index < -0.39 is 6.10 Å². The minimum atomic E-state index is -0.495. The summed E-state index contributed by atoms with van der Waals surface area (Å²) in [6, 6.07) is 18.3. The first kappa shape index (κ1) is 17.5. The van der Waals surface area contributed by atoms with Crippen LogP contribution < -0.4 is 4.74 Å². The van der Waals surface area contributed by atoms with Crippen molar-refractivity contribution in [1.29, 1.82) is 0 Å². The smallest absolute Gasteiger partial charge is 0.119 e. The Kier molecular flexibility index (Phi) is 7.11. The molecular formula is C20H27NO2. The first-order valence-corrected chi connectivity index (χ1v) is 8.31. The van der Waals surface area contributed by atoms with Crippen molar-refractivity contribution in [1.82, 2.24) is 4.90 Å². The molecule has 0 bridgehead atoms. The van der Waals surface area contributed by atoms with Crippen LogP contribution >= 0.6 is 0 Å². The molecule has 0 saturated carbocycles. The van der Waals surface area contributed by atoms with Gasteiger partial charge in [-0.15, -0.1) is 0 Å². The fourth-order valence-corrected chi connectivity index (χ4v) is 2.64. The van der Waals surface area contributed by atoms with Crippen LogP contribution in [0.1, 0.15) is 24.5 Å². The fourth-order valence-electron chi connectivity index (χ4n) is 2.64. The SMILES string of the molecule is CCCN(Cc1ccccc1)C[C@H](O)COc1cccc(C)c1. The monoisotopic (exact) mass is 313 g/mol. The van der Waals surface area contributed by atoms with Gasteiger partial charge in [0.1, 0.15) is 18.5 Å². The minimum absolute atomic E-state index is 0.318. The number of nitrogens with zero attached hydrogens (tertiary/aromatic N) is 1. The molecule has 0 aliphatic rings. The molecule has 0 unspecified atom stereocenters. The Labute approximate surface area is 139 Å². The molecule has 0 amide bonds. The Balaban J connectivity index is 1.83. The number of hydrogen-bond donors (Lipinski definition) is 1. The maximum atomic E-state index is 10.3. The predicted octanol–water partition coefficient (Wildman–Crippen LogP) is 3.65. The van der Waals surface area contributed by atoms with Crippen LogP contribution in [0.2, 0.25) is 0 Å². The summed E-state index contributed by atoms with van der Waals surface area (Å²) in [7, 11) is 0. The number of benzene rings is 2. The van der Waals surface area contributed by atoms with Gasteiger partial charge in [-0.05, 0) is 43.1 Å². The molecule has 3 heteroatoms. The van der Waals surface area contributed by atoms with Gasteiger partial charge in [0, 0.05) is 13.1 Å². The second-order valence-corrected chi connectivity index (χ2v) is 6.00. The van der Waals surface area contributed by atoms with Gasteiger partial charge in [-0.25, -0.2) is 0 Å². The number of aliphatic hydroxyl groups is 1. The van der Waals surface area contributed by atoms with Gasteiger partial charge in [0.25, 0.3) is 0 Å². The lowest BCUT2D eigenvalue weighted by atomic mass is 10.2. The molecule has 0 fully saturated rings. The van der Waals surface area contributed by atoms with E-state index in [1.165, 1.54) is 5.56 Å². The maximum absolute atomic E-state index is 10.3. The second kappa shape index (κ2) is 9.33. The van der Waals surface area contributed by atoms with Gasteiger partial charge < -0.3 is 9.84 Å². The van der Waals surface area contributed by atoms with Gasteiger partial charge >= 0.3 is 0 Å². The summed E-state index contributed by atoms with van der Waals surface area (Å²) in [5.74, 6) is 0.814. The summed E-state index contributed by atoms with van der Waals surface area (Å²) in [5, 5.41) is 10.3. The molecule has 1 atom stereocenters. The lowest BCUT2D eigenvalue weighted by molar-refractivity contribution is 0.0656. The lowest BCUT2D eigenvalue weighted by Crippen LogP contribution is -2.35. The fraction of sp³-hybridized carbons (Fsp3) is 0.400. The van der Waals surface area contributed by atoms with Gasteiger partial charge in [-0.2, -0.15) is 0 Å². The van der Waals surface area contributed by atoms with Crippen LogP contribution in [-0.2, 0) is 6.54 Å². The van der Waals surface area contributed by atoms with Gasteiger partial charge in [-0.3, -0.25) is 4.90 Å². The molecule has 0 spiro atoms. The van der Waals surface area contributed by atoms with E-state index in [1.54, 1.807) is 0 Å². The summed E-state index contributed by atoms with van der Waals surface area (Å²) in [4.78, 5) is 2.28. The molecule has 2 aromatic rings. The zero-order chi connectivity index (χ0) is 16.5. The third-order valence-corrected chi connectivity index (χ3v) is 3.69. The highest BCUT2D eigenvalue weighted by Crippen LogP contribution is 2.13. The van der Waals surface area contributed by atoms with Crippen LogP contribution in [0, 0.1) is 6.92 Å².